The molecule has 0 aromatic carbocycles. The number of carbonyl (C=O) groups is 1. The first-order valence-electron chi connectivity index (χ1n) is 1.34. The summed E-state index contributed by atoms with van der Waals surface area (Å²) in [7, 11) is 1.48. The third-order valence-corrected chi connectivity index (χ3v) is 0.235. The zero-order valence-electron chi connectivity index (χ0n) is 3.45. The Morgan fingerprint density at radius 2 is 2.33 bits per heavy atom. The van der Waals surface area contributed by atoms with E-state index in [1.165, 1.54) is 7.11 Å². The van der Waals surface area contributed by atoms with Gasteiger partial charge >= 0.3 is 0 Å². The maximum atomic E-state index is 9.28. The van der Waals surface area contributed by atoms with Crippen LogP contribution >= 0.6 is 0 Å². The summed E-state index contributed by atoms with van der Waals surface area (Å²) in [6.45, 7) is 0.208. The molecule has 38 valence electrons. The van der Waals surface area contributed by atoms with E-state index in [0.717, 1.165) is 0 Å². The van der Waals surface area contributed by atoms with Crippen molar-refractivity contribution in [2.45, 2.75) is 0 Å². The van der Waals surface area contributed by atoms with Gasteiger partial charge < -0.3 is 9.53 Å². The quantitative estimate of drug-likeness (QED) is 0.617. The molecular formula is C3H6GdO2. The Morgan fingerprint density at radius 1 is 1.83 bits per heavy atom. The average molecular weight is 231 g/mol. The Bertz CT molecular complexity index is 30.0. The molecule has 0 rings (SSSR count). The van der Waals surface area contributed by atoms with E-state index in [4.69, 9.17) is 0 Å². The Labute approximate surface area is 68.9 Å². The van der Waals surface area contributed by atoms with Crippen molar-refractivity contribution in [1.29, 1.82) is 0 Å². The van der Waals surface area contributed by atoms with E-state index in [1.807, 2.05) is 0 Å². The van der Waals surface area contributed by atoms with Crippen LogP contribution in [0.5, 0.6) is 0 Å². The summed E-state index contributed by atoms with van der Waals surface area (Å²) in [6.07, 6.45) is 0.708. The van der Waals surface area contributed by atoms with Crippen LogP contribution in [0.25, 0.3) is 0 Å². The molecule has 0 aromatic rings. The molecule has 0 atom stereocenters. The fourth-order valence-electron chi connectivity index (χ4n) is 0.0680. The van der Waals surface area contributed by atoms with E-state index in [0.29, 0.717) is 6.29 Å². The molecule has 0 saturated heterocycles. The van der Waals surface area contributed by atoms with Gasteiger partial charge in [-0.3, -0.25) is 0 Å². The minimum absolute atomic E-state index is 0. The van der Waals surface area contributed by atoms with Gasteiger partial charge in [-0.1, -0.05) is 0 Å². The minimum atomic E-state index is 0. The van der Waals surface area contributed by atoms with Gasteiger partial charge in [0.2, 0.25) is 0 Å². The van der Waals surface area contributed by atoms with Gasteiger partial charge in [-0.2, -0.15) is 0 Å². The first-order valence-corrected chi connectivity index (χ1v) is 1.34. The molecule has 0 amide bonds. The van der Waals surface area contributed by atoms with Crippen molar-refractivity contribution in [2.75, 3.05) is 13.7 Å². The zero-order valence-corrected chi connectivity index (χ0v) is 5.72. The monoisotopic (exact) mass is 232 g/mol. The van der Waals surface area contributed by atoms with E-state index < -0.39 is 0 Å². The van der Waals surface area contributed by atoms with Crippen molar-refractivity contribution in [3.05, 3.63) is 0 Å². The molecule has 0 aliphatic rings. The van der Waals surface area contributed by atoms with Gasteiger partial charge in [0.25, 0.3) is 0 Å². The molecule has 0 radical (unpaired) electrons. The molecule has 0 aromatic heterocycles. The van der Waals surface area contributed by atoms with Crippen LogP contribution in [0.4, 0.5) is 0 Å². The standard InChI is InChI=1S/C3H6O2.Gd/c1-5-3-2-4;/h2H,3H2,1H3;. The molecule has 0 unspecified atom stereocenters. The van der Waals surface area contributed by atoms with Crippen molar-refractivity contribution < 1.29 is 49.5 Å². The molecule has 0 saturated carbocycles. The van der Waals surface area contributed by atoms with Crippen LogP contribution in [0.2, 0.25) is 0 Å². The number of hydrogen-bond acceptors (Lipinski definition) is 2. The molecule has 0 aliphatic heterocycles. The van der Waals surface area contributed by atoms with Gasteiger partial charge in [0, 0.05) is 47.1 Å². The van der Waals surface area contributed by atoms with E-state index in [2.05, 4.69) is 4.74 Å². The normalized spacial score (nSPS) is 6.17. The molecule has 0 heterocycles. The van der Waals surface area contributed by atoms with Crippen LogP contribution < -0.4 is 0 Å². The van der Waals surface area contributed by atoms with Gasteiger partial charge in [0.1, 0.15) is 12.9 Å². The third kappa shape index (κ3) is 8.88. The number of aldehydes is 1. The molecule has 0 aliphatic carbocycles. The number of methoxy groups -OCH3 is 1. The molecule has 0 spiro atoms. The van der Waals surface area contributed by atoms with Crippen LogP contribution in [0.1, 0.15) is 0 Å². The van der Waals surface area contributed by atoms with Crippen LogP contribution in [0.3, 0.4) is 0 Å². The van der Waals surface area contributed by atoms with Crippen LogP contribution in [0, 0.1) is 39.9 Å². The number of rotatable bonds is 2. The smallest absolute Gasteiger partial charge is 0.145 e. The van der Waals surface area contributed by atoms with Crippen LogP contribution in [-0.4, -0.2) is 20.0 Å². The summed E-state index contributed by atoms with van der Waals surface area (Å²) >= 11 is 0. The fourth-order valence-corrected chi connectivity index (χ4v) is 0.0680. The first kappa shape index (κ1) is 10.0. The average Bonchev–Trinajstić information content (AvgIpc) is 1.41. The van der Waals surface area contributed by atoms with Gasteiger partial charge in [-0.25, -0.2) is 0 Å². The number of carbonyl (C=O) groups excluding carboxylic acids is 1. The topological polar surface area (TPSA) is 26.3 Å². The van der Waals surface area contributed by atoms with Gasteiger partial charge in [0.05, 0.1) is 0 Å². The second kappa shape index (κ2) is 9.35. The van der Waals surface area contributed by atoms with E-state index in [9.17, 15) is 4.79 Å². The second-order valence-corrected chi connectivity index (χ2v) is 0.622. The summed E-state index contributed by atoms with van der Waals surface area (Å²) in [5, 5.41) is 0. The maximum absolute atomic E-state index is 9.28. The predicted molar refractivity (Wildman–Crippen MR) is 17.9 cm³/mol. The van der Waals surface area contributed by atoms with E-state index >= 15 is 0 Å². The Balaban J connectivity index is 0. The number of hydrogen-bond donors (Lipinski definition) is 0. The minimum Gasteiger partial charge on any atom is -0.377 e. The van der Waals surface area contributed by atoms with Gasteiger partial charge in [-0.05, 0) is 0 Å². The van der Waals surface area contributed by atoms with E-state index in [1.54, 1.807) is 0 Å². The number of ether oxygens (including phenoxy) is 1. The zero-order chi connectivity index (χ0) is 4.12. The SMILES string of the molecule is COCC=O.[Gd]. The molecule has 0 N–H and O–H groups in total. The van der Waals surface area contributed by atoms with Crippen molar-refractivity contribution in [1.82, 2.24) is 0 Å². The fraction of sp³-hybridized carbons (Fsp3) is 0.667. The van der Waals surface area contributed by atoms with Gasteiger partial charge in [0.15, 0.2) is 0 Å². The first-order chi connectivity index (χ1) is 2.41. The molecular weight excluding hydrogens is 225 g/mol. The molecule has 6 heavy (non-hydrogen) atoms. The maximum Gasteiger partial charge on any atom is 0.145 e. The van der Waals surface area contributed by atoms with Crippen LogP contribution in [-0.2, 0) is 9.53 Å². The van der Waals surface area contributed by atoms with Crippen molar-refractivity contribution in [3.63, 3.8) is 0 Å². The van der Waals surface area contributed by atoms with Crippen molar-refractivity contribution in [2.24, 2.45) is 0 Å². The largest absolute Gasteiger partial charge is 0.377 e. The second-order valence-electron chi connectivity index (χ2n) is 0.622. The third-order valence-electron chi connectivity index (χ3n) is 0.235. The Kier molecular flexibility index (Phi) is 15.6. The van der Waals surface area contributed by atoms with Crippen LogP contribution in [0.15, 0.2) is 0 Å². The van der Waals surface area contributed by atoms with Gasteiger partial charge in [-0.15, -0.1) is 0 Å². The summed E-state index contributed by atoms with van der Waals surface area (Å²) in [6, 6.07) is 0. The van der Waals surface area contributed by atoms with Crippen molar-refractivity contribution in [3.8, 4) is 0 Å². The summed E-state index contributed by atoms with van der Waals surface area (Å²) in [4.78, 5) is 9.28. The Hall–Kier alpha value is 0.955. The molecule has 0 fully saturated rings. The predicted octanol–water partition coefficient (Wildman–Crippen LogP) is -0.168. The summed E-state index contributed by atoms with van der Waals surface area (Å²) in [5.41, 5.74) is 0. The Morgan fingerprint density at radius 3 is 2.33 bits per heavy atom. The van der Waals surface area contributed by atoms with E-state index in [-0.39, 0.29) is 46.5 Å². The van der Waals surface area contributed by atoms with Crippen molar-refractivity contribution >= 4 is 6.29 Å². The summed E-state index contributed by atoms with van der Waals surface area (Å²) in [5.74, 6) is 0. The molecule has 2 nitrogen and oxygen atoms in total. The molecule has 3 heteroatoms. The summed E-state index contributed by atoms with van der Waals surface area (Å²) < 4.78 is 4.32. The molecule has 0 bridgehead atoms.